The zero-order valence-electron chi connectivity index (χ0n) is 16.2. The summed E-state index contributed by atoms with van der Waals surface area (Å²) in [5.41, 5.74) is 7.69. The number of nitrogens with two attached hydrogens (primary N) is 1. The maximum absolute atomic E-state index is 12.8. The van der Waals surface area contributed by atoms with E-state index in [2.05, 4.69) is 22.2 Å². The molecule has 0 saturated heterocycles. The Morgan fingerprint density at radius 2 is 2.19 bits per heavy atom. The van der Waals surface area contributed by atoms with Gasteiger partial charge in [0.25, 0.3) is 0 Å². The van der Waals surface area contributed by atoms with Crippen LogP contribution < -0.4 is 11.1 Å². The van der Waals surface area contributed by atoms with Crippen molar-refractivity contribution in [2.75, 3.05) is 11.9 Å². The number of nitrogens with zero attached hydrogens (tertiary/aromatic N) is 1. The van der Waals surface area contributed by atoms with Crippen LogP contribution in [0.1, 0.15) is 52.8 Å². The number of aryl methyl sites for hydroxylation is 1. The number of rotatable bonds is 7. The number of ether oxygens (including phenoxy) is 1. The van der Waals surface area contributed by atoms with E-state index >= 15 is 0 Å². The molecule has 4 N–H and O–H groups in total. The van der Waals surface area contributed by atoms with Gasteiger partial charge < -0.3 is 20.8 Å². The van der Waals surface area contributed by atoms with E-state index in [-0.39, 0.29) is 12.0 Å². The fraction of sp³-hybridized carbons (Fsp3) is 0.600. The van der Waals surface area contributed by atoms with Crippen molar-refractivity contribution in [3.05, 3.63) is 24.0 Å². The van der Waals surface area contributed by atoms with Gasteiger partial charge in [0.1, 0.15) is 11.4 Å². The molecule has 3 rings (SSSR count). The molecule has 0 spiro atoms. The number of nitrogens with one attached hydrogen (secondary N) is 2. The third kappa shape index (κ3) is 3.12. The molecule has 2 aromatic rings. The lowest BCUT2D eigenvalue weighted by Crippen LogP contribution is -2.74. The van der Waals surface area contributed by atoms with E-state index in [0.717, 1.165) is 41.8 Å². The molecule has 1 aliphatic carbocycles. The van der Waals surface area contributed by atoms with E-state index in [9.17, 15) is 4.79 Å². The second kappa shape index (κ2) is 7.00. The first-order valence-electron chi connectivity index (χ1n) is 9.52. The van der Waals surface area contributed by atoms with Gasteiger partial charge >= 0.3 is 0 Å². The average Bonchev–Trinajstić information content (AvgIpc) is 3.01. The van der Waals surface area contributed by atoms with E-state index in [0.29, 0.717) is 13.0 Å². The van der Waals surface area contributed by atoms with Crippen LogP contribution in [0, 0.1) is 5.41 Å². The molecular formula is C20H30N4O2. The molecule has 142 valence electrons. The Morgan fingerprint density at radius 1 is 1.42 bits per heavy atom. The Bertz CT molecular complexity index is 798. The largest absolute Gasteiger partial charge is 0.378 e. The maximum atomic E-state index is 12.8. The Morgan fingerprint density at radius 3 is 2.85 bits per heavy atom. The Labute approximate surface area is 154 Å². The molecule has 1 aliphatic rings. The van der Waals surface area contributed by atoms with E-state index < -0.39 is 11.0 Å². The predicted octanol–water partition coefficient (Wildman–Crippen LogP) is 3.38. The summed E-state index contributed by atoms with van der Waals surface area (Å²) in [6, 6.07) is 5.72. The highest BCUT2D eigenvalue weighted by molar-refractivity contribution is 6.00. The molecule has 1 amide bonds. The van der Waals surface area contributed by atoms with Crippen LogP contribution in [-0.4, -0.2) is 34.1 Å². The lowest BCUT2D eigenvalue weighted by molar-refractivity contribution is -0.166. The number of aromatic nitrogens is 2. The van der Waals surface area contributed by atoms with Gasteiger partial charge in [-0.2, -0.15) is 0 Å². The van der Waals surface area contributed by atoms with Gasteiger partial charge in [-0.05, 0) is 31.5 Å². The quantitative estimate of drug-likeness (QED) is 0.707. The van der Waals surface area contributed by atoms with Crippen molar-refractivity contribution in [2.45, 2.75) is 65.0 Å². The Hall–Kier alpha value is -1.92. The first kappa shape index (κ1) is 18.9. The van der Waals surface area contributed by atoms with Crippen molar-refractivity contribution in [2.24, 2.45) is 11.1 Å². The first-order chi connectivity index (χ1) is 12.3. The predicted molar refractivity (Wildman–Crippen MR) is 104 cm³/mol. The van der Waals surface area contributed by atoms with Crippen LogP contribution in [-0.2, 0) is 16.0 Å². The van der Waals surface area contributed by atoms with Crippen LogP contribution in [0.4, 0.5) is 5.69 Å². The van der Waals surface area contributed by atoms with Crippen molar-refractivity contribution in [1.29, 1.82) is 0 Å². The lowest BCUT2D eigenvalue weighted by Gasteiger charge is -2.57. The van der Waals surface area contributed by atoms with Crippen LogP contribution in [0.3, 0.4) is 0 Å². The molecule has 2 unspecified atom stereocenters. The summed E-state index contributed by atoms with van der Waals surface area (Å²) in [6.07, 6.45) is 3.73. The zero-order chi connectivity index (χ0) is 18.9. The Balaban J connectivity index is 1.73. The fourth-order valence-corrected chi connectivity index (χ4v) is 3.67. The van der Waals surface area contributed by atoms with Gasteiger partial charge in [-0.1, -0.05) is 27.2 Å². The maximum Gasteiger partial charge on any atom is 0.245 e. The molecule has 6 heteroatoms. The van der Waals surface area contributed by atoms with Gasteiger partial charge in [-0.25, -0.2) is 4.98 Å². The molecular weight excluding hydrogens is 328 g/mol. The summed E-state index contributed by atoms with van der Waals surface area (Å²) >= 11 is 0. The van der Waals surface area contributed by atoms with E-state index in [1.165, 1.54) is 0 Å². The molecule has 0 radical (unpaired) electrons. The number of fused-ring (bicyclic) bond motifs is 1. The number of anilines is 1. The third-order valence-electron chi connectivity index (χ3n) is 5.79. The molecule has 1 aromatic carbocycles. The number of unbranched alkanes of at least 4 members (excludes halogenated alkanes) is 1. The normalized spacial score (nSPS) is 24.4. The first-order valence-corrected chi connectivity index (χ1v) is 9.52. The molecule has 1 aromatic heterocycles. The average molecular weight is 358 g/mol. The standard InChI is InChI=1S/C20H30N4O2/c1-5-7-8-17-23-14-10-9-13(11-15(14)24-17)22-18(25)20(21)12-16(26-6-2)19(20,3)4/h9-11,16H,5-8,12,21H2,1-4H3,(H,22,25)(H,23,24). The highest BCUT2D eigenvalue weighted by atomic mass is 16.5. The van der Waals surface area contributed by atoms with Crippen LogP contribution >= 0.6 is 0 Å². The topological polar surface area (TPSA) is 93.0 Å². The molecule has 0 aliphatic heterocycles. The molecule has 1 saturated carbocycles. The van der Waals surface area contributed by atoms with Gasteiger partial charge in [-0.3, -0.25) is 4.79 Å². The van der Waals surface area contributed by atoms with Crippen LogP contribution in [0.2, 0.25) is 0 Å². The van der Waals surface area contributed by atoms with E-state index in [4.69, 9.17) is 10.5 Å². The summed E-state index contributed by atoms with van der Waals surface area (Å²) in [5, 5.41) is 2.98. The van der Waals surface area contributed by atoms with E-state index in [1.54, 1.807) is 0 Å². The van der Waals surface area contributed by atoms with Crippen molar-refractivity contribution in [3.8, 4) is 0 Å². The summed E-state index contributed by atoms with van der Waals surface area (Å²) in [6.45, 7) is 8.74. The number of imidazole rings is 1. The SMILES string of the molecule is CCCCc1nc2ccc(NC(=O)C3(N)CC(OCC)C3(C)C)cc2[nH]1. The minimum atomic E-state index is -0.929. The molecule has 1 fully saturated rings. The van der Waals surface area contributed by atoms with Crippen molar-refractivity contribution < 1.29 is 9.53 Å². The smallest absolute Gasteiger partial charge is 0.245 e. The van der Waals surface area contributed by atoms with Crippen molar-refractivity contribution in [3.63, 3.8) is 0 Å². The van der Waals surface area contributed by atoms with Crippen LogP contribution in [0.5, 0.6) is 0 Å². The number of aromatic amines is 1. The van der Waals surface area contributed by atoms with Gasteiger partial charge in [0.15, 0.2) is 0 Å². The monoisotopic (exact) mass is 358 g/mol. The van der Waals surface area contributed by atoms with E-state index in [1.807, 2.05) is 39.0 Å². The Kier molecular flexibility index (Phi) is 5.08. The highest BCUT2D eigenvalue weighted by Crippen LogP contribution is 2.50. The fourth-order valence-electron chi connectivity index (χ4n) is 3.67. The second-order valence-electron chi connectivity index (χ2n) is 7.81. The highest BCUT2D eigenvalue weighted by Gasteiger charge is 2.62. The summed E-state index contributed by atoms with van der Waals surface area (Å²) in [4.78, 5) is 20.8. The molecule has 0 bridgehead atoms. The van der Waals surface area contributed by atoms with Crippen LogP contribution in [0.25, 0.3) is 11.0 Å². The summed E-state index contributed by atoms with van der Waals surface area (Å²) in [5.74, 6) is 0.823. The van der Waals surface area contributed by atoms with Crippen molar-refractivity contribution in [1.82, 2.24) is 9.97 Å². The zero-order valence-corrected chi connectivity index (χ0v) is 16.2. The van der Waals surface area contributed by atoms with Gasteiger partial charge in [0.2, 0.25) is 5.91 Å². The number of benzene rings is 1. The van der Waals surface area contributed by atoms with Crippen LogP contribution in [0.15, 0.2) is 18.2 Å². The molecule has 1 heterocycles. The number of hydrogen-bond acceptors (Lipinski definition) is 4. The summed E-state index contributed by atoms with van der Waals surface area (Å²) in [7, 11) is 0. The number of carbonyl (C=O) groups is 1. The molecule has 26 heavy (non-hydrogen) atoms. The second-order valence-corrected chi connectivity index (χ2v) is 7.81. The van der Waals surface area contributed by atoms with Gasteiger partial charge in [0, 0.05) is 30.6 Å². The lowest BCUT2D eigenvalue weighted by atomic mass is 9.54. The number of hydrogen-bond donors (Lipinski definition) is 3. The number of amides is 1. The number of H-pyrrole nitrogens is 1. The minimum absolute atomic E-state index is 0.0134. The number of carbonyl (C=O) groups excluding carboxylic acids is 1. The van der Waals surface area contributed by atoms with Gasteiger partial charge in [0.05, 0.1) is 17.1 Å². The minimum Gasteiger partial charge on any atom is -0.378 e. The molecule has 2 atom stereocenters. The van der Waals surface area contributed by atoms with Crippen molar-refractivity contribution >= 4 is 22.6 Å². The van der Waals surface area contributed by atoms with Gasteiger partial charge in [-0.15, -0.1) is 0 Å². The third-order valence-corrected chi connectivity index (χ3v) is 5.79. The summed E-state index contributed by atoms with van der Waals surface area (Å²) < 4.78 is 5.71. The molecule has 6 nitrogen and oxygen atoms in total.